The third kappa shape index (κ3) is 6.95. The smallest absolute Gasteiger partial charge is 0.226 e. The summed E-state index contributed by atoms with van der Waals surface area (Å²) in [7, 11) is 1.68. The Kier molecular flexibility index (Phi) is 7.06. The van der Waals surface area contributed by atoms with E-state index in [1.165, 1.54) is 0 Å². The fraction of sp³-hybridized carbons (Fsp3) is 0.938. The second-order valence-electron chi connectivity index (χ2n) is 7.59. The molecule has 0 aromatic rings. The number of ether oxygens (including phenoxy) is 1. The van der Waals surface area contributed by atoms with Crippen molar-refractivity contribution in [3.05, 3.63) is 0 Å². The molecule has 0 aliphatic rings. The molecule has 0 aromatic heterocycles. The molecule has 1 unspecified atom stereocenters. The number of hydrogen-bond donors (Lipinski definition) is 0. The Hall–Kier alpha value is -0.570. The van der Waals surface area contributed by atoms with Crippen LogP contribution in [0.1, 0.15) is 54.9 Å². The summed E-state index contributed by atoms with van der Waals surface area (Å²) in [6, 6.07) is 0. The first-order valence-electron chi connectivity index (χ1n) is 7.30. The Balaban J connectivity index is 4.98. The maximum atomic E-state index is 12.8. The number of hydrogen-bond acceptors (Lipinski definition) is 2. The van der Waals surface area contributed by atoms with Crippen LogP contribution >= 0.6 is 0 Å². The molecule has 0 aromatic carbocycles. The minimum atomic E-state index is -0.00907. The predicted molar refractivity (Wildman–Crippen MR) is 81.1 cm³/mol. The van der Waals surface area contributed by atoms with Crippen LogP contribution in [0.2, 0.25) is 0 Å². The van der Waals surface area contributed by atoms with E-state index >= 15 is 0 Å². The molecule has 0 fully saturated rings. The van der Waals surface area contributed by atoms with Crippen LogP contribution in [-0.4, -0.2) is 37.6 Å². The van der Waals surface area contributed by atoms with Crippen molar-refractivity contribution in [2.45, 2.75) is 54.9 Å². The zero-order valence-electron chi connectivity index (χ0n) is 14.2. The number of carbonyl (C=O) groups is 1. The average Bonchev–Trinajstić information content (AvgIpc) is 2.24. The van der Waals surface area contributed by atoms with Gasteiger partial charge in [0.15, 0.2) is 0 Å². The second-order valence-corrected chi connectivity index (χ2v) is 7.59. The molecule has 19 heavy (non-hydrogen) atoms. The molecule has 0 bridgehead atoms. The van der Waals surface area contributed by atoms with Gasteiger partial charge in [-0.2, -0.15) is 0 Å². The van der Waals surface area contributed by atoms with E-state index in [0.717, 1.165) is 13.0 Å². The van der Waals surface area contributed by atoms with Gasteiger partial charge >= 0.3 is 0 Å². The van der Waals surface area contributed by atoms with Gasteiger partial charge in [-0.3, -0.25) is 4.79 Å². The summed E-state index contributed by atoms with van der Waals surface area (Å²) >= 11 is 0. The molecule has 0 rings (SSSR count). The van der Waals surface area contributed by atoms with Gasteiger partial charge in [0.25, 0.3) is 0 Å². The molecule has 0 saturated heterocycles. The first kappa shape index (κ1) is 18.4. The third-order valence-corrected chi connectivity index (χ3v) is 3.42. The Morgan fingerprint density at radius 1 is 1.16 bits per heavy atom. The summed E-state index contributed by atoms with van der Waals surface area (Å²) in [6.45, 7) is 17.1. The lowest BCUT2D eigenvalue weighted by atomic mass is 9.71. The highest BCUT2D eigenvalue weighted by atomic mass is 16.5. The Morgan fingerprint density at radius 2 is 1.68 bits per heavy atom. The van der Waals surface area contributed by atoms with Gasteiger partial charge in [0, 0.05) is 26.1 Å². The summed E-state index contributed by atoms with van der Waals surface area (Å²) < 4.78 is 5.10. The van der Waals surface area contributed by atoms with Gasteiger partial charge in [0.2, 0.25) is 5.91 Å². The molecule has 0 N–H and O–H groups in total. The fourth-order valence-electron chi connectivity index (χ4n) is 2.22. The largest absolute Gasteiger partial charge is 0.383 e. The zero-order chi connectivity index (χ0) is 15.3. The Labute approximate surface area is 119 Å². The number of likely N-dealkylation sites (N-methyl/N-ethyl adjacent to an activating group) is 1. The van der Waals surface area contributed by atoms with Gasteiger partial charge in [-0.05, 0) is 24.2 Å². The van der Waals surface area contributed by atoms with Crippen molar-refractivity contribution in [2.75, 3.05) is 26.8 Å². The molecule has 0 radical (unpaired) electrons. The van der Waals surface area contributed by atoms with Crippen molar-refractivity contribution < 1.29 is 9.53 Å². The molecule has 0 aliphatic carbocycles. The van der Waals surface area contributed by atoms with Gasteiger partial charge < -0.3 is 9.64 Å². The van der Waals surface area contributed by atoms with Crippen LogP contribution in [0.25, 0.3) is 0 Å². The lowest BCUT2D eigenvalue weighted by molar-refractivity contribution is -0.141. The molecule has 114 valence electrons. The summed E-state index contributed by atoms with van der Waals surface area (Å²) in [4.78, 5) is 14.7. The molecule has 3 heteroatoms. The van der Waals surface area contributed by atoms with E-state index in [1.807, 2.05) is 11.8 Å². The van der Waals surface area contributed by atoms with E-state index in [9.17, 15) is 4.79 Å². The van der Waals surface area contributed by atoms with Crippen LogP contribution in [0.15, 0.2) is 0 Å². The highest BCUT2D eigenvalue weighted by Crippen LogP contribution is 2.37. The average molecular weight is 271 g/mol. The number of amides is 1. The summed E-state index contributed by atoms with van der Waals surface area (Å²) in [5.41, 5.74) is 0.152. The monoisotopic (exact) mass is 271 g/mol. The highest BCUT2D eigenvalue weighted by Gasteiger charge is 2.36. The van der Waals surface area contributed by atoms with E-state index in [1.54, 1.807) is 7.11 Å². The molecule has 1 atom stereocenters. The van der Waals surface area contributed by atoms with Crippen molar-refractivity contribution >= 4 is 5.91 Å². The van der Waals surface area contributed by atoms with Gasteiger partial charge in [0.1, 0.15) is 0 Å². The van der Waals surface area contributed by atoms with Gasteiger partial charge in [-0.15, -0.1) is 0 Å². The van der Waals surface area contributed by atoms with E-state index in [-0.39, 0.29) is 22.7 Å². The maximum absolute atomic E-state index is 12.8. The minimum absolute atomic E-state index is 0.00907. The SMILES string of the molecule is CCN(CCOC)C(=O)C(CC(C)(C)C)C(C)(C)C. The molecular weight excluding hydrogens is 238 g/mol. The van der Waals surface area contributed by atoms with Crippen LogP contribution in [-0.2, 0) is 9.53 Å². The van der Waals surface area contributed by atoms with Crippen LogP contribution in [0.3, 0.4) is 0 Å². The number of nitrogens with zero attached hydrogens (tertiary/aromatic N) is 1. The molecule has 3 nitrogen and oxygen atoms in total. The number of carbonyl (C=O) groups excluding carboxylic acids is 1. The summed E-state index contributed by atoms with van der Waals surface area (Å²) in [6.07, 6.45) is 0.915. The normalized spacial score (nSPS) is 14.3. The summed E-state index contributed by atoms with van der Waals surface area (Å²) in [5.74, 6) is 0.325. The quantitative estimate of drug-likeness (QED) is 0.739. The lowest BCUT2D eigenvalue weighted by Crippen LogP contribution is -2.44. The molecule has 1 amide bonds. The Morgan fingerprint density at radius 3 is 2.00 bits per heavy atom. The second kappa shape index (κ2) is 7.28. The van der Waals surface area contributed by atoms with Crippen molar-refractivity contribution in [1.29, 1.82) is 0 Å². The predicted octanol–water partition coefficient (Wildman–Crippen LogP) is 3.58. The molecule has 0 saturated carbocycles. The van der Waals surface area contributed by atoms with Crippen molar-refractivity contribution in [2.24, 2.45) is 16.7 Å². The van der Waals surface area contributed by atoms with Gasteiger partial charge in [0.05, 0.1) is 6.61 Å². The third-order valence-electron chi connectivity index (χ3n) is 3.42. The lowest BCUT2D eigenvalue weighted by Gasteiger charge is -2.37. The van der Waals surface area contributed by atoms with Gasteiger partial charge in [-0.1, -0.05) is 41.5 Å². The zero-order valence-corrected chi connectivity index (χ0v) is 14.2. The maximum Gasteiger partial charge on any atom is 0.226 e. The van der Waals surface area contributed by atoms with E-state index < -0.39 is 0 Å². The van der Waals surface area contributed by atoms with Crippen molar-refractivity contribution in [3.63, 3.8) is 0 Å². The molecule has 0 spiro atoms. The standard InChI is InChI=1S/C16H33NO2/c1-9-17(10-11-19-8)14(18)13(16(5,6)7)12-15(2,3)4/h13H,9-12H2,1-8H3. The van der Waals surface area contributed by atoms with Crippen LogP contribution < -0.4 is 0 Å². The molecule has 0 aliphatic heterocycles. The van der Waals surface area contributed by atoms with Crippen molar-refractivity contribution in [1.82, 2.24) is 4.90 Å². The number of methoxy groups -OCH3 is 1. The van der Waals surface area contributed by atoms with Crippen molar-refractivity contribution in [3.8, 4) is 0 Å². The van der Waals surface area contributed by atoms with Crippen LogP contribution in [0.4, 0.5) is 0 Å². The summed E-state index contributed by atoms with van der Waals surface area (Å²) in [5, 5.41) is 0. The highest BCUT2D eigenvalue weighted by molar-refractivity contribution is 5.79. The first-order valence-corrected chi connectivity index (χ1v) is 7.30. The van der Waals surface area contributed by atoms with Crippen LogP contribution in [0, 0.1) is 16.7 Å². The molecular formula is C16H33NO2. The van der Waals surface area contributed by atoms with E-state index in [4.69, 9.17) is 4.74 Å². The van der Waals surface area contributed by atoms with E-state index in [2.05, 4.69) is 41.5 Å². The Bertz CT molecular complexity index is 273. The van der Waals surface area contributed by atoms with Gasteiger partial charge in [-0.25, -0.2) is 0 Å². The topological polar surface area (TPSA) is 29.5 Å². The fourth-order valence-corrected chi connectivity index (χ4v) is 2.22. The van der Waals surface area contributed by atoms with E-state index in [0.29, 0.717) is 13.2 Å². The first-order chi connectivity index (χ1) is 8.53. The number of rotatable bonds is 6. The molecule has 0 heterocycles. The van der Waals surface area contributed by atoms with Crippen LogP contribution in [0.5, 0.6) is 0 Å². The minimum Gasteiger partial charge on any atom is -0.383 e.